The molecule has 0 aliphatic heterocycles. The molecule has 0 aliphatic rings. The number of aliphatic hydroxyl groups is 2. The highest BCUT2D eigenvalue weighted by molar-refractivity contribution is 5.67. The summed E-state index contributed by atoms with van der Waals surface area (Å²) in [4.78, 5) is 11.5. The minimum Gasteiger partial charge on any atom is -0.444 e. The van der Waals surface area contributed by atoms with E-state index in [2.05, 4.69) is 11.9 Å². The van der Waals surface area contributed by atoms with Gasteiger partial charge in [0.05, 0.1) is 0 Å². The lowest BCUT2D eigenvalue weighted by Gasteiger charge is -2.22. The monoisotopic (exact) mass is 307 g/mol. The molecule has 0 fully saturated rings. The fourth-order valence-corrected chi connectivity index (χ4v) is 1.80. The predicted molar refractivity (Wildman–Crippen MR) is 86.4 cm³/mol. The van der Waals surface area contributed by atoms with Gasteiger partial charge in [0.15, 0.2) is 0 Å². The zero-order chi connectivity index (χ0) is 16.9. The van der Waals surface area contributed by atoms with Gasteiger partial charge in [0.1, 0.15) is 17.8 Å². The van der Waals surface area contributed by atoms with Crippen molar-refractivity contribution in [3.8, 4) is 0 Å². The number of hydrogen-bond donors (Lipinski definition) is 3. The van der Waals surface area contributed by atoms with E-state index in [1.54, 1.807) is 32.9 Å². The van der Waals surface area contributed by atoms with Gasteiger partial charge in [-0.05, 0) is 38.8 Å². The van der Waals surface area contributed by atoms with Gasteiger partial charge in [-0.2, -0.15) is 0 Å². The van der Waals surface area contributed by atoms with Crippen molar-refractivity contribution in [2.75, 3.05) is 6.54 Å². The van der Waals surface area contributed by atoms with Crippen molar-refractivity contribution in [3.05, 3.63) is 42.0 Å². The molecule has 22 heavy (non-hydrogen) atoms. The number of nitrogens with one attached hydrogen (secondary N) is 1. The van der Waals surface area contributed by atoms with Crippen molar-refractivity contribution in [3.63, 3.8) is 0 Å². The third-order valence-corrected chi connectivity index (χ3v) is 2.96. The van der Waals surface area contributed by atoms with Gasteiger partial charge in [0.2, 0.25) is 0 Å². The Hall–Kier alpha value is -1.85. The number of allylic oxidation sites excluding steroid dienone is 1. The minimum atomic E-state index is -1.12. The van der Waals surface area contributed by atoms with Gasteiger partial charge in [-0.3, -0.25) is 0 Å². The average molecular weight is 307 g/mol. The normalized spacial score (nSPS) is 14.1. The molecule has 5 nitrogen and oxygen atoms in total. The van der Waals surface area contributed by atoms with Crippen LogP contribution in [0.3, 0.4) is 0 Å². The Bertz CT molecular complexity index is 516. The van der Waals surface area contributed by atoms with E-state index in [0.29, 0.717) is 5.56 Å². The summed E-state index contributed by atoms with van der Waals surface area (Å²) in [5.74, 6) is 0. The molecular weight excluding hydrogens is 282 g/mol. The van der Waals surface area contributed by atoms with Gasteiger partial charge in [0, 0.05) is 6.54 Å². The number of rotatable bonds is 5. The molecule has 0 spiro atoms. The lowest BCUT2D eigenvalue weighted by atomic mass is 10.0. The maximum atomic E-state index is 11.5. The Morgan fingerprint density at radius 1 is 1.27 bits per heavy atom. The van der Waals surface area contributed by atoms with Crippen LogP contribution >= 0.6 is 0 Å². The number of benzene rings is 1. The highest BCUT2D eigenvalue weighted by Crippen LogP contribution is 2.20. The standard InChI is InChI=1S/C17H25NO4/c1-11(2)12-6-8-13(9-7-12)15(20)14(19)10-18-16(21)22-17(3,4)5/h6-9,14-15,19-20H,1,10H2,2-5H3,(H,18,21). The van der Waals surface area contributed by atoms with Crippen LogP contribution in [0.4, 0.5) is 4.79 Å². The lowest BCUT2D eigenvalue weighted by molar-refractivity contribution is 0.0129. The highest BCUT2D eigenvalue weighted by atomic mass is 16.6. The van der Waals surface area contributed by atoms with Crippen molar-refractivity contribution in [1.82, 2.24) is 5.32 Å². The van der Waals surface area contributed by atoms with Crippen LogP contribution in [0.15, 0.2) is 30.8 Å². The summed E-state index contributed by atoms with van der Waals surface area (Å²) in [7, 11) is 0. The molecule has 5 heteroatoms. The summed E-state index contributed by atoms with van der Waals surface area (Å²) in [5.41, 5.74) is 1.86. The van der Waals surface area contributed by atoms with E-state index in [1.165, 1.54) is 0 Å². The van der Waals surface area contributed by atoms with E-state index in [9.17, 15) is 15.0 Å². The first-order valence-electron chi connectivity index (χ1n) is 7.19. The molecular formula is C17H25NO4. The Kier molecular flexibility index (Phi) is 6.14. The van der Waals surface area contributed by atoms with Crippen LogP contribution in [-0.2, 0) is 4.74 Å². The zero-order valence-electron chi connectivity index (χ0n) is 13.6. The topological polar surface area (TPSA) is 78.8 Å². The zero-order valence-corrected chi connectivity index (χ0v) is 13.6. The molecule has 1 rings (SSSR count). The van der Waals surface area contributed by atoms with Crippen LogP contribution in [0.2, 0.25) is 0 Å². The molecule has 0 saturated heterocycles. The first kappa shape index (κ1) is 18.2. The first-order chi connectivity index (χ1) is 10.1. The maximum Gasteiger partial charge on any atom is 0.407 e. The number of hydrogen-bond acceptors (Lipinski definition) is 4. The SMILES string of the molecule is C=C(C)c1ccc(C(O)C(O)CNC(=O)OC(C)(C)C)cc1. The summed E-state index contributed by atoms with van der Waals surface area (Å²) < 4.78 is 5.06. The molecule has 2 unspecified atom stereocenters. The van der Waals surface area contributed by atoms with E-state index in [0.717, 1.165) is 11.1 Å². The van der Waals surface area contributed by atoms with Gasteiger partial charge in [0.25, 0.3) is 0 Å². The fraction of sp³-hybridized carbons (Fsp3) is 0.471. The van der Waals surface area contributed by atoms with Crippen LogP contribution in [0.25, 0.3) is 5.57 Å². The molecule has 122 valence electrons. The summed E-state index contributed by atoms with van der Waals surface area (Å²) in [6.45, 7) is 10.9. The Morgan fingerprint density at radius 2 is 1.82 bits per heavy atom. The quantitative estimate of drug-likeness (QED) is 0.781. The summed E-state index contributed by atoms with van der Waals surface area (Å²) >= 11 is 0. The molecule has 0 bridgehead atoms. The fourth-order valence-electron chi connectivity index (χ4n) is 1.80. The lowest BCUT2D eigenvalue weighted by Crippen LogP contribution is -2.38. The van der Waals surface area contributed by atoms with Crippen molar-refractivity contribution >= 4 is 11.7 Å². The number of alkyl carbamates (subject to hydrolysis) is 1. The van der Waals surface area contributed by atoms with Gasteiger partial charge in [-0.25, -0.2) is 4.79 Å². The molecule has 1 amide bonds. The predicted octanol–water partition coefficient (Wildman–Crippen LogP) is 2.64. The van der Waals surface area contributed by atoms with E-state index in [1.807, 2.05) is 19.1 Å². The number of carbonyl (C=O) groups excluding carboxylic acids is 1. The average Bonchev–Trinajstić information content (AvgIpc) is 2.42. The number of carbonyl (C=O) groups is 1. The molecule has 2 atom stereocenters. The highest BCUT2D eigenvalue weighted by Gasteiger charge is 2.21. The van der Waals surface area contributed by atoms with Gasteiger partial charge < -0.3 is 20.3 Å². The second-order valence-electron chi connectivity index (χ2n) is 6.30. The van der Waals surface area contributed by atoms with E-state index >= 15 is 0 Å². The van der Waals surface area contributed by atoms with Crippen LogP contribution in [0.5, 0.6) is 0 Å². The van der Waals surface area contributed by atoms with E-state index in [-0.39, 0.29) is 6.54 Å². The van der Waals surface area contributed by atoms with Crippen LogP contribution in [0, 0.1) is 0 Å². The first-order valence-corrected chi connectivity index (χ1v) is 7.19. The minimum absolute atomic E-state index is 0.0989. The van der Waals surface area contributed by atoms with Crippen molar-refractivity contribution in [2.45, 2.75) is 45.5 Å². The molecule has 0 aliphatic carbocycles. The second-order valence-corrected chi connectivity index (χ2v) is 6.30. The molecule has 1 aromatic rings. The van der Waals surface area contributed by atoms with Crippen LogP contribution < -0.4 is 5.32 Å². The Labute approximate surface area is 131 Å². The second kappa shape index (κ2) is 7.42. The molecule has 3 N–H and O–H groups in total. The Morgan fingerprint density at radius 3 is 2.27 bits per heavy atom. The molecule has 0 heterocycles. The number of ether oxygens (including phenoxy) is 1. The summed E-state index contributed by atoms with van der Waals surface area (Å²) in [6, 6.07) is 7.11. The molecule has 1 aromatic carbocycles. The third-order valence-electron chi connectivity index (χ3n) is 2.96. The molecule has 0 aromatic heterocycles. The summed E-state index contributed by atoms with van der Waals surface area (Å²) in [5, 5.41) is 22.5. The van der Waals surface area contributed by atoms with Crippen molar-refractivity contribution in [1.29, 1.82) is 0 Å². The number of aliphatic hydroxyl groups excluding tert-OH is 2. The smallest absolute Gasteiger partial charge is 0.407 e. The van der Waals surface area contributed by atoms with Gasteiger partial charge >= 0.3 is 6.09 Å². The number of amides is 1. The van der Waals surface area contributed by atoms with Crippen LogP contribution in [0.1, 0.15) is 44.9 Å². The summed E-state index contributed by atoms with van der Waals surface area (Å²) in [6.07, 6.45) is -2.84. The van der Waals surface area contributed by atoms with Crippen molar-refractivity contribution < 1.29 is 19.7 Å². The van der Waals surface area contributed by atoms with E-state index in [4.69, 9.17) is 4.74 Å². The maximum absolute atomic E-state index is 11.5. The van der Waals surface area contributed by atoms with Crippen LogP contribution in [-0.4, -0.2) is 34.6 Å². The van der Waals surface area contributed by atoms with Gasteiger partial charge in [-0.1, -0.05) is 36.4 Å². The third kappa shape index (κ3) is 5.87. The molecule has 0 saturated carbocycles. The van der Waals surface area contributed by atoms with Gasteiger partial charge in [-0.15, -0.1) is 0 Å². The van der Waals surface area contributed by atoms with E-state index < -0.39 is 23.9 Å². The molecule has 0 radical (unpaired) electrons. The largest absolute Gasteiger partial charge is 0.444 e. The Balaban J connectivity index is 2.56. The van der Waals surface area contributed by atoms with Crippen molar-refractivity contribution in [2.24, 2.45) is 0 Å².